The third-order valence-corrected chi connectivity index (χ3v) is 8.35. The van der Waals surface area contributed by atoms with Crippen LogP contribution in [0.2, 0.25) is 0 Å². The summed E-state index contributed by atoms with van der Waals surface area (Å²) in [6.07, 6.45) is 3.62. The molecule has 1 amide bonds. The van der Waals surface area contributed by atoms with Crippen LogP contribution < -0.4 is 19.2 Å². The van der Waals surface area contributed by atoms with Gasteiger partial charge >= 0.3 is 0 Å². The predicted octanol–water partition coefficient (Wildman–Crippen LogP) is 4.30. The van der Waals surface area contributed by atoms with Crippen LogP contribution in [-0.4, -0.2) is 41.3 Å². The van der Waals surface area contributed by atoms with Gasteiger partial charge in [-0.15, -0.1) is 0 Å². The van der Waals surface area contributed by atoms with Gasteiger partial charge in [0.25, 0.3) is 15.9 Å². The van der Waals surface area contributed by atoms with Crippen LogP contribution in [0.25, 0.3) is 10.8 Å². The van der Waals surface area contributed by atoms with Crippen molar-refractivity contribution < 1.29 is 22.7 Å². The minimum absolute atomic E-state index is 0.0362. The average Bonchev–Trinajstić information content (AvgIpc) is 3.37. The molecule has 0 unspecified atom stereocenters. The third kappa shape index (κ3) is 4.80. The monoisotopic (exact) mass is 529 g/mol. The number of hydrogen-bond acceptors (Lipinski definition) is 6. The van der Waals surface area contributed by atoms with Gasteiger partial charge in [0.1, 0.15) is 18.0 Å². The van der Waals surface area contributed by atoms with Gasteiger partial charge in [0, 0.05) is 11.6 Å². The van der Waals surface area contributed by atoms with Crippen molar-refractivity contribution in [3.63, 3.8) is 0 Å². The van der Waals surface area contributed by atoms with Crippen molar-refractivity contribution in [2.24, 2.45) is 5.10 Å². The average molecular weight is 530 g/mol. The zero-order valence-corrected chi connectivity index (χ0v) is 21.9. The second-order valence-electron chi connectivity index (χ2n) is 8.81. The minimum Gasteiger partial charge on any atom is -0.497 e. The Morgan fingerprint density at radius 1 is 0.947 bits per heavy atom. The predicted molar refractivity (Wildman–Crippen MR) is 148 cm³/mol. The van der Waals surface area contributed by atoms with Crippen molar-refractivity contribution >= 4 is 38.6 Å². The summed E-state index contributed by atoms with van der Waals surface area (Å²) in [5, 5.41) is 6.46. The van der Waals surface area contributed by atoms with Crippen LogP contribution in [0.5, 0.6) is 11.5 Å². The summed E-state index contributed by atoms with van der Waals surface area (Å²) in [6, 6.07) is 22.9. The van der Waals surface area contributed by atoms with Crippen LogP contribution in [0.4, 0.5) is 5.69 Å². The Kier molecular flexibility index (Phi) is 7.02. The quantitative estimate of drug-likeness (QED) is 0.258. The number of hydrazone groups is 1. The van der Waals surface area contributed by atoms with Crippen LogP contribution in [-0.2, 0) is 27.7 Å². The fraction of sp³-hybridized carbons (Fsp3) is 0.172. The van der Waals surface area contributed by atoms with Gasteiger partial charge in [-0.05, 0) is 59.0 Å². The van der Waals surface area contributed by atoms with Crippen LogP contribution in [0.3, 0.4) is 0 Å². The summed E-state index contributed by atoms with van der Waals surface area (Å²) < 4.78 is 39.0. The van der Waals surface area contributed by atoms with E-state index in [-0.39, 0.29) is 16.3 Å². The van der Waals surface area contributed by atoms with Gasteiger partial charge in [-0.2, -0.15) is 5.10 Å². The highest BCUT2D eigenvalue weighted by atomic mass is 32.2. The molecule has 1 N–H and O–H groups in total. The molecular weight excluding hydrogens is 502 g/mol. The first-order valence-corrected chi connectivity index (χ1v) is 13.5. The number of benzene rings is 4. The van der Waals surface area contributed by atoms with Crippen LogP contribution >= 0.6 is 0 Å². The highest BCUT2D eigenvalue weighted by Gasteiger charge is 2.30. The molecule has 4 aromatic rings. The molecule has 0 saturated carbocycles. The molecule has 38 heavy (non-hydrogen) atoms. The molecule has 0 aromatic heterocycles. The summed E-state index contributed by atoms with van der Waals surface area (Å²) in [5.41, 5.74) is 6.14. The van der Waals surface area contributed by atoms with E-state index in [2.05, 4.69) is 22.7 Å². The summed E-state index contributed by atoms with van der Waals surface area (Å²) in [7, 11) is -1.22. The highest BCUT2D eigenvalue weighted by molar-refractivity contribution is 7.92. The Bertz CT molecular complexity index is 1630. The summed E-state index contributed by atoms with van der Waals surface area (Å²) >= 11 is 0. The number of hydrogen-bond donors (Lipinski definition) is 1. The molecule has 0 heterocycles. The molecule has 0 spiro atoms. The van der Waals surface area contributed by atoms with Crippen LogP contribution in [0.1, 0.15) is 16.7 Å². The van der Waals surface area contributed by atoms with E-state index < -0.39 is 22.5 Å². The fourth-order valence-electron chi connectivity index (χ4n) is 4.73. The van der Waals surface area contributed by atoms with E-state index in [1.807, 2.05) is 18.2 Å². The van der Waals surface area contributed by atoms with Crippen molar-refractivity contribution in [1.29, 1.82) is 0 Å². The van der Waals surface area contributed by atoms with E-state index in [1.54, 1.807) is 36.5 Å². The number of sulfonamides is 1. The van der Waals surface area contributed by atoms with Crippen molar-refractivity contribution in [3.8, 4) is 11.5 Å². The summed E-state index contributed by atoms with van der Waals surface area (Å²) in [4.78, 5) is 13.1. The molecule has 0 aliphatic heterocycles. The maximum Gasteiger partial charge on any atom is 0.264 e. The number of methoxy groups -OCH3 is 2. The van der Waals surface area contributed by atoms with Gasteiger partial charge in [0.05, 0.1) is 31.0 Å². The number of ether oxygens (including phenoxy) is 2. The SMILES string of the molecule is COc1ccc(OC)c(N(CC(=O)N/N=C\c2ccc3c4c(cccc24)CC3)S(=O)(=O)c2ccccc2)c1. The zero-order valence-electron chi connectivity index (χ0n) is 21.0. The summed E-state index contributed by atoms with van der Waals surface area (Å²) in [6.45, 7) is -0.526. The molecule has 8 nitrogen and oxygen atoms in total. The first-order valence-electron chi connectivity index (χ1n) is 12.1. The van der Waals surface area contributed by atoms with Gasteiger partial charge in [-0.25, -0.2) is 13.8 Å². The van der Waals surface area contributed by atoms with Crippen molar-refractivity contribution in [1.82, 2.24) is 5.43 Å². The van der Waals surface area contributed by atoms with E-state index >= 15 is 0 Å². The Morgan fingerprint density at radius 2 is 1.71 bits per heavy atom. The number of aryl methyl sites for hydroxylation is 2. The van der Waals surface area contributed by atoms with E-state index in [1.165, 1.54) is 48.9 Å². The molecule has 1 aliphatic rings. The molecule has 5 rings (SSSR count). The van der Waals surface area contributed by atoms with E-state index in [0.29, 0.717) is 5.75 Å². The smallest absolute Gasteiger partial charge is 0.264 e. The molecule has 0 saturated heterocycles. The molecular formula is C29H27N3O5S. The van der Waals surface area contributed by atoms with Gasteiger partial charge in [-0.3, -0.25) is 9.10 Å². The summed E-state index contributed by atoms with van der Waals surface area (Å²) in [5.74, 6) is 0.0746. The maximum atomic E-state index is 13.7. The Morgan fingerprint density at radius 3 is 2.45 bits per heavy atom. The van der Waals surface area contributed by atoms with Crippen molar-refractivity contribution in [2.45, 2.75) is 17.7 Å². The molecule has 4 aromatic carbocycles. The molecule has 194 valence electrons. The zero-order chi connectivity index (χ0) is 26.7. The standard InChI is InChI=1S/C29H27N3O5S/c1-36-23-15-16-27(37-2)26(17-23)32(38(34,35)24-8-4-3-5-9-24)19-28(33)31-30-18-22-14-13-21-12-11-20-7-6-10-25(22)29(20)21/h3-10,13-18H,11-12,19H2,1-2H3,(H,31,33)/b30-18-. The number of nitrogens with one attached hydrogen (secondary N) is 1. The first-order chi connectivity index (χ1) is 18.4. The molecule has 0 bridgehead atoms. The van der Waals surface area contributed by atoms with Crippen molar-refractivity contribution in [3.05, 3.63) is 95.6 Å². The number of anilines is 1. The largest absolute Gasteiger partial charge is 0.497 e. The fourth-order valence-corrected chi connectivity index (χ4v) is 6.18. The lowest BCUT2D eigenvalue weighted by Gasteiger charge is -2.25. The lowest BCUT2D eigenvalue weighted by Crippen LogP contribution is -2.39. The normalized spacial score (nSPS) is 12.6. The lowest BCUT2D eigenvalue weighted by molar-refractivity contribution is -0.119. The third-order valence-electron chi connectivity index (χ3n) is 6.58. The van der Waals surface area contributed by atoms with E-state index in [4.69, 9.17) is 9.47 Å². The van der Waals surface area contributed by atoms with Crippen molar-refractivity contribution in [2.75, 3.05) is 25.1 Å². The Balaban J connectivity index is 1.44. The molecule has 0 radical (unpaired) electrons. The van der Waals surface area contributed by atoms with Crippen LogP contribution in [0, 0.1) is 0 Å². The van der Waals surface area contributed by atoms with Gasteiger partial charge < -0.3 is 9.47 Å². The maximum absolute atomic E-state index is 13.7. The number of nitrogens with zero attached hydrogens (tertiary/aromatic N) is 2. The van der Waals surface area contributed by atoms with E-state index in [9.17, 15) is 13.2 Å². The highest BCUT2D eigenvalue weighted by Crippen LogP contribution is 2.36. The van der Waals surface area contributed by atoms with Gasteiger partial charge in [-0.1, -0.05) is 48.5 Å². The van der Waals surface area contributed by atoms with Gasteiger partial charge in [0.15, 0.2) is 0 Å². The first kappa shape index (κ1) is 25.3. The van der Waals surface area contributed by atoms with Gasteiger partial charge in [0.2, 0.25) is 0 Å². The topological polar surface area (TPSA) is 97.3 Å². The molecule has 9 heteroatoms. The van der Waals surface area contributed by atoms with Crippen LogP contribution in [0.15, 0.2) is 88.9 Å². The van der Waals surface area contributed by atoms with E-state index in [0.717, 1.165) is 28.1 Å². The Hall–Kier alpha value is -4.37. The molecule has 0 fully saturated rings. The second kappa shape index (κ2) is 10.5. The number of rotatable bonds is 9. The molecule has 0 atom stereocenters. The number of carbonyl (C=O) groups is 1. The number of amides is 1. The Labute approximate surface area is 221 Å². The minimum atomic E-state index is -4.13. The number of carbonyl (C=O) groups excluding carboxylic acids is 1. The molecule has 1 aliphatic carbocycles. The second-order valence-corrected chi connectivity index (χ2v) is 10.7. The lowest BCUT2D eigenvalue weighted by atomic mass is 10.0.